The molecule has 1 aliphatic carbocycles. The van der Waals surface area contributed by atoms with Crippen LogP contribution in [0.2, 0.25) is 0 Å². The van der Waals surface area contributed by atoms with Crippen molar-refractivity contribution >= 4 is 5.91 Å². The second-order valence-corrected chi connectivity index (χ2v) is 5.66. The van der Waals surface area contributed by atoms with Gasteiger partial charge in [-0.25, -0.2) is 0 Å². The third-order valence-corrected chi connectivity index (χ3v) is 4.25. The molecular weight excluding hydrogens is 244 g/mol. The Hall–Kier alpha value is -0.650. The smallest absolute Gasteiger partial charge is 0.237 e. The molecule has 19 heavy (non-hydrogen) atoms. The van der Waals surface area contributed by atoms with Gasteiger partial charge < -0.3 is 20.5 Å². The number of amides is 1. The van der Waals surface area contributed by atoms with Gasteiger partial charge in [-0.2, -0.15) is 0 Å². The van der Waals surface area contributed by atoms with Crippen LogP contribution < -0.4 is 11.1 Å². The van der Waals surface area contributed by atoms with Gasteiger partial charge in [0, 0.05) is 13.0 Å². The lowest BCUT2D eigenvalue weighted by Crippen LogP contribution is -2.54. The Morgan fingerprint density at radius 2 is 2.32 bits per heavy atom. The van der Waals surface area contributed by atoms with Crippen LogP contribution in [0.4, 0.5) is 0 Å². The second kappa shape index (κ2) is 6.68. The molecule has 5 heteroatoms. The number of primary amides is 1. The zero-order valence-corrected chi connectivity index (χ0v) is 11.8. The maximum atomic E-state index is 11.6. The van der Waals surface area contributed by atoms with E-state index in [9.17, 15) is 4.79 Å². The van der Waals surface area contributed by atoms with Gasteiger partial charge in [-0.05, 0) is 38.6 Å². The van der Waals surface area contributed by atoms with Gasteiger partial charge in [0.1, 0.15) is 5.54 Å². The van der Waals surface area contributed by atoms with Crippen LogP contribution in [0.5, 0.6) is 0 Å². The number of hydrogen-bond acceptors (Lipinski definition) is 4. The van der Waals surface area contributed by atoms with Gasteiger partial charge in [-0.1, -0.05) is 6.92 Å². The van der Waals surface area contributed by atoms with E-state index in [1.807, 2.05) is 6.92 Å². The van der Waals surface area contributed by atoms with Crippen LogP contribution in [0, 0.1) is 0 Å². The van der Waals surface area contributed by atoms with E-state index in [2.05, 4.69) is 5.32 Å². The molecule has 0 aromatic carbocycles. The molecule has 2 rings (SSSR count). The third-order valence-electron chi connectivity index (χ3n) is 4.25. The van der Waals surface area contributed by atoms with Gasteiger partial charge in [0.15, 0.2) is 0 Å². The normalized spacial score (nSPS) is 35.4. The van der Waals surface area contributed by atoms with Crippen molar-refractivity contribution in [2.75, 3.05) is 19.8 Å². The van der Waals surface area contributed by atoms with E-state index < -0.39 is 5.54 Å². The average Bonchev–Trinajstić information content (AvgIpc) is 2.83. The number of rotatable bonds is 6. The molecule has 2 fully saturated rings. The Kier molecular flexibility index (Phi) is 5.19. The van der Waals surface area contributed by atoms with E-state index in [4.69, 9.17) is 15.2 Å². The molecule has 0 aromatic heterocycles. The molecule has 5 nitrogen and oxygen atoms in total. The van der Waals surface area contributed by atoms with E-state index in [0.717, 1.165) is 38.8 Å². The maximum absolute atomic E-state index is 11.6. The summed E-state index contributed by atoms with van der Waals surface area (Å²) >= 11 is 0. The van der Waals surface area contributed by atoms with E-state index in [0.29, 0.717) is 13.0 Å². The fourth-order valence-corrected chi connectivity index (χ4v) is 3.13. The van der Waals surface area contributed by atoms with Crippen LogP contribution in [0.15, 0.2) is 0 Å². The van der Waals surface area contributed by atoms with E-state index >= 15 is 0 Å². The first-order chi connectivity index (χ1) is 9.16. The first kappa shape index (κ1) is 14.8. The molecule has 1 heterocycles. The lowest BCUT2D eigenvalue weighted by molar-refractivity contribution is -0.124. The number of hydrogen-bond donors (Lipinski definition) is 2. The molecule has 3 unspecified atom stereocenters. The SMILES string of the molecule is CCNC1(C(N)=O)CCC(OCC2CCCCO2)C1. The highest BCUT2D eigenvalue weighted by Gasteiger charge is 2.43. The Bertz CT molecular complexity index is 305. The predicted molar refractivity (Wildman–Crippen MR) is 72.8 cm³/mol. The molecule has 1 saturated heterocycles. The monoisotopic (exact) mass is 270 g/mol. The summed E-state index contributed by atoms with van der Waals surface area (Å²) in [5, 5.41) is 3.24. The minimum Gasteiger partial charge on any atom is -0.376 e. The van der Waals surface area contributed by atoms with E-state index in [1.165, 1.54) is 6.42 Å². The zero-order valence-electron chi connectivity index (χ0n) is 11.8. The molecule has 1 aliphatic heterocycles. The number of carbonyl (C=O) groups excluding carboxylic acids is 1. The Labute approximate surface area is 115 Å². The van der Waals surface area contributed by atoms with Crippen molar-refractivity contribution in [2.24, 2.45) is 5.73 Å². The van der Waals surface area contributed by atoms with Crippen molar-refractivity contribution in [1.29, 1.82) is 0 Å². The molecule has 110 valence electrons. The summed E-state index contributed by atoms with van der Waals surface area (Å²) in [6.45, 7) is 4.24. The lowest BCUT2D eigenvalue weighted by Gasteiger charge is -2.27. The van der Waals surface area contributed by atoms with Crippen LogP contribution in [-0.2, 0) is 14.3 Å². The van der Waals surface area contributed by atoms with Gasteiger partial charge in [0.05, 0.1) is 18.8 Å². The molecule has 0 bridgehead atoms. The topological polar surface area (TPSA) is 73.6 Å². The largest absolute Gasteiger partial charge is 0.376 e. The van der Waals surface area contributed by atoms with E-state index in [1.54, 1.807) is 0 Å². The van der Waals surface area contributed by atoms with Gasteiger partial charge in [-0.15, -0.1) is 0 Å². The van der Waals surface area contributed by atoms with Gasteiger partial charge in [0.25, 0.3) is 0 Å². The fraction of sp³-hybridized carbons (Fsp3) is 0.929. The van der Waals surface area contributed by atoms with E-state index in [-0.39, 0.29) is 18.1 Å². The highest BCUT2D eigenvalue weighted by atomic mass is 16.5. The predicted octanol–water partition coefficient (Wildman–Crippen LogP) is 0.958. The van der Waals surface area contributed by atoms with Crippen molar-refractivity contribution < 1.29 is 14.3 Å². The quantitative estimate of drug-likeness (QED) is 0.754. The first-order valence-electron chi connectivity index (χ1n) is 7.44. The Balaban J connectivity index is 1.78. The number of carbonyl (C=O) groups is 1. The molecule has 0 aromatic rings. The number of nitrogens with two attached hydrogens (primary N) is 1. The molecule has 3 N–H and O–H groups in total. The summed E-state index contributed by atoms with van der Waals surface area (Å²) in [5.41, 5.74) is 4.98. The standard InChI is InChI=1S/C14H26N2O3/c1-2-16-14(13(15)17)7-6-11(9-14)19-10-12-5-3-4-8-18-12/h11-12,16H,2-10H2,1H3,(H2,15,17). The molecule has 1 saturated carbocycles. The summed E-state index contributed by atoms with van der Waals surface area (Å²) < 4.78 is 11.6. The van der Waals surface area contributed by atoms with Crippen LogP contribution in [-0.4, -0.2) is 43.4 Å². The molecule has 0 spiro atoms. The summed E-state index contributed by atoms with van der Waals surface area (Å²) in [4.78, 5) is 11.6. The zero-order chi connectivity index (χ0) is 13.7. The molecular formula is C14H26N2O3. The highest BCUT2D eigenvalue weighted by Crippen LogP contribution is 2.32. The van der Waals surface area contributed by atoms with Crippen molar-refractivity contribution in [3.8, 4) is 0 Å². The van der Waals surface area contributed by atoms with Gasteiger partial charge in [0.2, 0.25) is 5.91 Å². The summed E-state index contributed by atoms with van der Waals surface area (Å²) in [7, 11) is 0. The molecule has 3 atom stereocenters. The van der Waals surface area contributed by atoms with Crippen LogP contribution in [0.25, 0.3) is 0 Å². The highest BCUT2D eigenvalue weighted by molar-refractivity contribution is 5.85. The third kappa shape index (κ3) is 3.68. The average molecular weight is 270 g/mol. The minimum absolute atomic E-state index is 0.122. The summed E-state index contributed by atoms with van der Waals surface area (Å²) in [5.74, 6) is -0.255. The van der Waals surface area contributed by atoms with Crippen molar-refractivity contribution in [2.45, 2.75) is 63.2 Å². The first-order valence-corrected chi connectivity index (χ1v) is 7.44. The van der Waals surface area contributed by atoms with Crippen LogP contribution in [0.1, 0.15) is 45.4 Å². The molecule has 1 amide bonds. The second-order valence-electron chi connectivity index (χ2n) is 5.66. The van der Waals surface area contributed by atoms with Crippen molar-refractivity contribution in [1.82, 2.24) is 5.32 Å². The maximum Gasteiger partial charge on any atom is 0.237 e. The number of ether oxygens (including phenoxy) is 2. The lowest BCUT2D eigenvalue weighted by atomic mass is 9.96. The van der Waals surface area contributed by atoms with Crippen LogP contribution >= 0.6 is 0 Å². The summed E-state index contributed by atoms with van der Waals surface area (Å²) in [6, 6.07) is 0. The summed E-state index contributed by atoms with van der Waals surface area (Å²) in [6.07, 6.45) is 6.17. The Morgan fingerprint density at radius 1 is 1.47 bits per heavy atom. The van der Waals surface area contributed by atoms with Gasteiger partial charge >= 0.3 is 0 Å². The van der Waals surface area contributed by atoms with Crippen molar-refractivity contribution in [3.05, 3.63) is 0 Å². The minimum atomic E-state index is -0.563. The van der Waals surface area contributed by atoms with Crippen molar-refractivity contribution in [3.63, 3.8) is 0 Å². The van der Waals surface area contributed by atoms with Crippen LogP contribution in [0.3, 0.4) is 0 Å². The number of nitrogens with one attached hydrogen (secondary N) is 1. The molecule has 0 radical (unpaired) electrons. The Morgan fingerprint density at radius 3 is 2.95 bits per heavy atom. The fourth-order valence-electron chi connectivity index (χ4n) is 3.13. The molecule has 2 aliphatic rings. The number of likely N-dealkylation sites (N-methyl/N-ethyl adjacent to an activating group) is 1. The van der Waals surface area contributed by atoms with Gasteiger partial charge in [-0.3, -0.25) is 4.79 Å².